The van der Waals surface area contributed by atoms with Crippen LogP contribution in [0.3, 0.4) is 0 Å². The SMILES string of the molecule is O=C(OCc1nnc(-c2ccccc2)o1)c1ccc(C2SCCCS2)cc1. The molecule has 0 atom stereocenters. The minimum absolute atomic E-state index is 0.0469. The summed E-state index contributed by atoms with van der Waals surface area (Å²) < 4.78 is 11.3. The van der Waals surface area contributed by atoms with Gasteiger partial charge in [-0.05, 0) is 47.8 Å². The summed E-state index contributed by atoms with van der Waals surface area (Å²) in [6, 6.07) is 17.1. The van der Waals surface area contributed by atoms with Crippen LogP contribution in [-0.4, -0.2) is 27.7 Å². The lowest BCUT2D eigenvalue weighted by molar-refractivity contribution is 0.0438. The number of rotatable bonds is 5. The summed E-state index contributed by atoms with van der Waals surface area (Å²) in [7, 11) is 0. The van der Waals surface area contributed by atoms with Crippen molar-refractivity contribution in [3.05, 3.63) is 71.6 Å². The second-order valence-corrected chi connectivity index (χ2v) is 8.72. The van der Waals surface area contributed by atoms with Crippen molar-refractivity contribution < 1.29 is 13.9 Å². The van der Waals surface area contributed by atoms with Gasteiger partial charge in [0.15, 0.2) is 6.61 Å². The van der Waals surface area contributed by atoms with Crippen molar-refractivity contribution in [3.8, 4) is 11.5 Å². The normalized spacial score (nSPS) is 14.8. The van der Waals surface area contributed by atoms with Crippen LogP contribution in [0.1, 0.15) is 32.8 Å². The molecule has 0 N–H and O–H groups in total. The highest BCUT2D eigenvalue weighted by molar-refractivity contribution is 8.16. The second-order valence-electron chi connectivity index (χ2n) is 5.99. The van der Waals surface area contributed by atoms with Crippen LogP contribution in [0.2, 0.25) is 0 Å². The van der Waals surface area contributed by atoms with E-state index in [-0.39, 0.29) is 12.5 Å². The quantitative estimate of drug-likeness (QED) is 0.563. The molecule has 27 heavy (non-hydrogen) atoms. The Labute approximate surface area is 165 Å². The first kappa shape index (κ1) is 18.1. The highest BCUT2D eigenvalue weighted by Gasteiger charge is 2.17. The van der Waals surface area contributed by atoms with Crippen molar-refractivity contribution >= 4 is 29.5 Å². The van der Waals surface area contributed by atoms with Crippen LogP contribution in [0.5, 0.6) is 0 Å². The Morgan fingerprint density at radius 1 is 1.04 bits per heavy atom. The molecule has 2 aromatic carbocycles. The van der Waals surface area contributed by atoms with Crippen LogP contribution in [0, 0.1) is 0 Å². The first-order valence-corrected chi connectivity index (χ1v) is 10.8. The number of thioether (sulfide) groups is 2. The molecule has 0 radical (unpaired) electrons. The number of carbonyl (C=O) groups excluding carboxylic acids is 1. The molecule has 1 aliphatic heterocycles. The van der Waals surface area contributed by atoms with Gasteiger partial charge in [0.2, 0.25) is 5.89 Å². The molecule has 3 aromatic rings. The second kappa shape index (κ2) is 8.63. The maximum absolute atomic E-state index is 12.3. The van der Waals surface area contributed by atoms with Gasteiger partial charge in [-0.2, -0.15) is 0 Å². The van der Waals surface area contributed by atoms with E-state index in [0.717, 1.165) is 5.56 Å². The lowest BCUT2D eigenvalue weighted by Gasteiger charge is -2.21. The van der Waals surface area contributed by atoms with E-state index in [1.54, 1.807) is 0 Å². The van der Waals surface area contributed by atoms with Gasteiger partial charge in [-0.1, -0.05) is 30.3 Å². The smallest absolute Gasteiger partial charge is 0.338 e. The molecular weight excluding hydrogens is 380 g/mol. The van der Waals surface area contributed by atoms with Gasteiger partial charge >= 0.3 is 5.97 Å². The summed E-state index contributed by atoms with van der Waals surface area (Å²) in [5.74, 6) is 2.67. The number of hydrogen-bond donors (Lipinski definition) is 0. The first-order chi connectivity index (χ1) is 13.3. The zero-order valence-corrected chi connectivity index (χ0v) is 16.2. The van der Waals surface area contributed by atoms with E-state index >= 15 is 0 Å². The first-order valence-electron chi connectivity index (χ1n) is 8.68. The van der Waals surface area contributed by atoms with Gasteiger partial charge in [0.25, 0.3) is 5.89 Å². The van der Waals surface area contributed by atoms with Gasteiger partial charge in [0, 0.05) is 5.56 Å². The van der Waals surface area contributed by atoms with Crippen molar-refractivity contribution in [1.29, 1.82) is 0 Å². The fourth-order valence-corrected chi connectivity index (χ4v) is 5.57. The molecule has 5 nitrogen and oxygen atoms in total. The predicted molar refractivity (Wildman–Crippen MR) is 108 cm³/mol. The average Bonchev–Trinajstić information content (AvgIpc) is 3.22. The molecule has 1 aromatic heterocycles. The van der Waals surface area contributed by atoms with Crippen molar-refractivity contribution in [2.75, 3.05) is 11.5 Å². The summed E-state index contributed by atoms with van der Waals surface area (Å²) in [5, 5.41) is 7.92. The Hall–Kier alpha value is -2.25. The standard InChI is InChI=1S/C20H18N2O3S2/c23-19(15-7-9-16(10-8-15)20-26-11-4-12-27-20)24-13-17-21-22-18(25-17)14-5-2-1-3-6-14/h1-3,5-10,20H,4,11-13H2. The molecule has 0 bridgehead atoms. The minimum atomic E-state index is -0.398. The third-order valence-electron chi connectivity index (χ3n) is 4.06. The molecule has 0 unspecified atom stereocenters. The van der Waals surface area contributed by atoms with Gasteiger partial charge in [-0.25, -0.2) is 4.79 Å². The number of hydrogen-bond acceptors (Lipinski definition) is 7. The van der Waals surface area contributed by atoms with Crippen molar-refractivity contribution in [1.82, 2.24) is 10.2 Å². The summed E-state index contributed by atoms with van der Waals surface area (Å²) in [4.78, 5) is 12.3. The number of aromatic nitrogens is 2. The largest absolute Gasteiger partial charge is 0.452 e. The van der Waals surface area contributed by atoms with E-state index in [9.17, 15) is 4.79 Å². The van der Waals surface area contributed by atoms with Gasteiger partial charge < -0.3 is 9.15 Å². The zero-order valence-electron chi connectivity index (χ0n) is 14.5. The van der Waals surface area contributed by atoms with Crippen molar-refractivity contribution in [2.45, 2.75) is 17.6 Å². The molecule has 138 valence electrons. The van der Waals surface area contributed by atoms with Crippen LogP contribution in [0.4, 0.5) is 0 Å². The van der Waals surface area contributed by atoms with Crippen LogP contribution < -0.4 is 0 Å². The van der Waals surface area contributed by atoms with Gasteiger partial charge in [0.1, 0.15) is 0 Å². The Balaban J connectivity index is 1.35. The van der Waals surface area contributed by atoms with E-state index in [1.165, 1.54) is 23.5 Å². The Morgan fingerprint density at radius 3 is 2.52 bits per heavy atom. The number of esters is 1. The Kier molecular flexibility index (Phi) is 5.79. The van der Waals surface area contributed by atoms with Gasteiger partial charge in [-0.3, -0.25) is 0 Å². The van der Waals surface area contributed by atoms with Crippen LogP contribution in [0.15, 0.2) is 59.0 Å². The molecule has 0 saturated carbocycles. The summed E-state index contributed by atoms with van der Waals surface area (Å²) >= 11 is 3.92. The molecule has 1 saturated heterocycles. The van der Waals surface area contributed by atoms with E-state index in [2.05, 4.69) is 10.2 Å². The lowest BCUT2D eigenvalue weighted by atomic mass is 10.1. The number of ether oxygens (including phenoxy) is 1. The van der Waals surface area contributed by atoms with E-state index in [4.69, 9.17) is 9.15 Å². The molecule has 2 heterocycles. The van der Waals surface area contributed by atoms with Crippen molar-refractivity contribution in [3.63, 3.8) is 0 Å². The van der Waals surface area contributed by atoms with Crippen LogP contribution in [-0.2, 0) is 11.3 Å². The van der Waals surface area contributed by atoms with E-state index < -0.39 is 5.97 Å². The number of nitrogens with zero attached hydrogens (tertiary/aromatic N) is 2. The molecule has 4 rings (SSSR count). The highest BCUT2D eigenvalue weighted by atomic mass is 32.2. The maximum Gasteiger partial charge on any atom is 0.338 e. The summed E-state index contributed by atoms with van der Waals surface area (Å²) in [5.41, 5.74) is 2.59. The van der Waals surface area contributed by atoms with Gasteiger partial charge in [-0.15, -0.1) is 33.7 Å². The predicted octanol–water partition coefficient (Wildman–Crippen LogP) is 4.96. The van der Waals surface area contributed by atoms with Crippen molar-refractivity contribution in [2.24, 2.45) is 0 Å². The average molecular weight is 399 g/mol. The van der Waals surface area contributed by atoms with Crippen LogP contribution >= 0.6 is 23.5 Å². The Morgan fingerprint density at radius 2 is 1.78 bits per heavy atom. The fraction of sp³-hybridized carbons (Fsp3) is 0.250. The van der Waals surface area contributed by atoms with Gasteiger partial charge in [0.05, 0.1) is 10.1 Å². The third kappa shape index (κ3) is 4.54. The molecule has 0 spiro atoms. The number of benzene rings is 2. The molecule has 0 amide bonds. The molecule has 1 aliphatic rings. The molecule has 7 heteroatoms. The maximum atomic E-state index is 12.3. The fourth-order valence-electron chi connectivity index (χ4n) is 2.68. The Bertz CT molecular complexity index is 891. The highest BCUT2D eigenvalue weighted by Crippen LogP contribution is 2.43. The van der Waals surface area contributed by atoms with Crippen LogP contribution in [0.25, 0.3) is 11.5 Å². The van der Waals surface area contributed by atoms with E-state index in [1.807, 2.05) is 78.1 Å². The monoisotopic (exact) mass is 398 g/mol. The third-order valence-corrected chi connectivity index (χ3v) is 7.08. The summed E-state index contributed by atoms with van der Waals surface area (Å²) in [6.45, 7) is -0.0469. The molecule has 1 fully saturated rings. The summed E-state index contributed by atoms with van der Waals surface area (Å²) in [6.07, 6.45) is 1.26. The number of carbonyl (C=O) groups is 1. The lowest BCUT2D eigenvalue weighted by Crippen LogP contribution is -2.06. The molecular formula is C20H18N2O3S2. The zero-order chi connectivity index (χ0) is 18.5. The molecule has 0 aliphatic carbocycles. The minimum Gasteiger partial charge on any atom is -0.452 e. The van der Waals surface area contributed by atoms with E-state index in [0.29, 0.717) is 16.0 Å². The topological polar surface area (TPSA) is 65.2 Å².